The van der Waals surface area contributed by atoms with Gasteiger partial charge in [0.25, 0.3) is 5.91 Å². The van der Waals surface area contributed by atoms with Gasteiger partial charge in [0, 0.05) is 5.56 Å². The lowest BCUT2D eigenvalue weighted by atomic mass is 10.1. The van der Waals surface area contributed by atoms with E-state index in [1.807, 2.05) is 13.0 Å². The number of nitrogens with one attached hydrogen (secondary N) is 1. The van der Waals surface area contributed by atoms with E-state index in [4.69, 9.17) is 9.47 Å². The number of aryl methyl sites for hydroxylation is 1. The highest BCUT2D eigenvalue weighted by atomic mass is 19.1. The Labute approximate surface area is 168 Å². The van der Waals surface area contributed by atoms with Crippen LogP contribution in [0.2, 0.25) is 0 Å². The average Bonchev–Trinajstić information content (AvgIpc) is 2.72. The Bertz CT molecular complexity index is 1020. The molecule has 29 heavy (non-hydrogen) atoms. The topological polar surface area (TPSA) is 64.6 Å². The van der Waals surface area contributed by atoms with Crippen molar-refractivity contribution in [2.75, 3.05) is 12.4 Å². The molecule has 3 aromatic rings. The molecule has 0 fully saturated rings. The molecule has 3 aromatic carbocycles. The molecule has 0 heterocycles. The van der Waals surface area contributed by atoms with Gasteiger partial charge in [-0.2, -0.15) is 0 Å². The van der Waals surface area contributed by atoms with Gasteiger partial charge in [0.1, 0.15) is 11.6 Å². The molecule has 148 valence electrons. The molecule has 0 aliphatic rings. The average molecular weight is 393 g/mol. The van der Waals surface area contributed by atoms with Crippen molar-refractivity contribution in [2.24, 2.45) is 0 Å². The van der Waals surface area contributed by atoms with E-state index in [-0.39, 0.29) is 5.56 Å². The van der Waals surface area contributed by atoms with Crippen LogP contribution in [0.5, 0.6) is 5.75 Å². The number of benzene rings is 3. The molecule has 3 rings (SSSR count). The Kier molecular flexibility index (Phi) is 6.24. The smallest absolute Gasteiger partial charge is 0.339 e. The third kappa shape index (κ3) is 4.99. The summed E-state index contributed by atoms with van der Waals surface area (Å²) in [6, 6.07) is 19.1. The van der Waals surface area contributed by atoms with Crippen molar-refractivity contribution in [2.45, 2.75) is 13.0 Å². The molecule has 5 nitrogen and oxygen atoms in total. The summed E-state index contributed by atoms with van der Waals surface area (Å²) >= 11 is 0. The molecule has 0 aliphatic heterocycles. The van der Waals surface area contributed by atoms with E-state index < -0.39 is 23.8 Å². The molecule has 0 aliphatic carbocycles. The molecule has 0 radical (unpaired) electrons. The minimum Gasteiger partial charge on any atom is -0.495 e. The standard InChI is InChI=1S/C23H20FNO4/c1-15-11-12-20(28-2)19(13-15)25-22(26)21(16-7-4-3-5-8-16)29-23(27)17-9-6-10-18(24)14-17/h3-14,21H,1-2H3,(H,25,26)/t21-/m0/s1. The highest BCUT2D eigenvalue weighted by molar-refractivity contribution is 5.99. The van der Waals surface area contributed by atoms with Crippen molar-refractivity contribution in [1.82, 2.24) is 0 Å². The van der Waals surface area contributed by atoms with Gasteiger partial charge in [-0.25, -0.2) is 9.18 Å². The Balaban J connectivity index is 1.89. The Morgan fingerprint density at radius 2 is 1.72 bits per heavy atom. The van der Waals surface area contributed by atoms with Crippen LogP contribution in [0.3, 0.4) is 0 Å². The molecule has 6 heteroatoms. The van der Waals surface area contributed by atoms with Crippen LogP contribution in [0.1, 0.15) is 27.6 Å². The summed E-state index contributed by atoms with van der Waals surface area (Å²) in [4.78, 5) is 25.5. The minimum absolute atomic E-state index is 0.0202. The zero-order chi connectivity index (χ0) is 20.8. The molecule has 0 bridgehead atoms. The second-order valence-corrected chi connectivity index (χ2v) is 6.40. The molecular weight excluding hydrogens is 373 g/mol. The van der Waals surface area contributed by atoms with E-state index in [9.17, 15) is 14.0 Å². The van der Waals surface area contributed by atoms with Crippen molar-refractivity contribution >= 4 is 17.6 Å². The third-order valence-corrected chi connectivity index (χ3v) is 4.24. The summed E-state index contributed by atoms with van der Waals surface area (Å²) in [5, 5.41) is 2.75. The lowest BCUT2D eigenvalue weighted by molar-refractivity contribution is -0.125. The van der Waals surface area contributed by atoms with Gasteiger partial charge in [0.15, 0.2) is 0 Å². The number of anilines is 1. The number of esters is 1. The van der Waals surface area contributed by atoms with Crippen LogP contribution in [0.15, 0.2) is 72.8 Å². The lowest BCUT2D eigenvalue weighted by Crippen LogP contribution is -2.26. The van der Waals surface area contributed by atoms with Gasteiger partial charge in [-0.15, -0.1) is 0 Å². The van der Waals surface area contributed by atoms with E-state index >= 15 is 0 Å². The summed E-state index contributed by atoms with van der Waals surface area (Å²) in [5.74, 6) is -1.44. The van der Waals surface area contributed by atoms with Gasteiger partial charge in [-0.1, -0.05) is 42.5 Å². The quantitative estimate of drug-likeness (QED) is 0.618. The SMILES string of the molecule is COc1ccc(C)cc1NC(=O)[C@@H](OC(=O)c1cccc(F)c1)c1ccccc1. The molecule has 0 saturated carbocycles. The van der Waals surface area contributed by atoms with Crippen LogP contribution in [0, 0.1) is 12.7 Å². The van der Waals surface area contributed by atoms with Crippen molar-refractivity contribution in [1.29, 1.82) is 0 Å². The van der Waals surface area contributed by atoms with Crippen LogP contribution < -0.4 is 10.1 Å². The van der Waals surface area contributed by atoms with Crippen LogP contribution in [0.25, 0.3) is 0 Å². The predicted octanol–water partition coefficient (Wildman–Crippen LogP) is 4.68. The van der Waals surface area contributed by atoms with E-state index in [1.165, 1.54) is 25.3 Å². The normalized spacial score (nSPS) is 11.4. The largest absolute Gasteiger partial charge is 0.495 e. The summed E-state index contributed by atoms with van der Waals surface area (Å²) < 4.78 is 24.2. The monoisotopic (exact) mass is 393 g/mol. The van der Waals surface area contributed by atoms with Crippen molar-refractivity contribution in [3.8, 4) is 5.75 Å². The summed E-state index contributed by atoms with van der Waals surface area (Å²) in [6.07, 6.45) is -1.22. The first-order valence-electron chi connectivity index (χ1n) is 8.95. The number of amides is 1. The zero-order valence-corrected chi connectivity index (χ0v) is 16.0. The van der Waals surface area contributed by atoms with Gasteiger partial charge in [-0.05, 0) is 42.8 Å². The van der Waals surface area contributed by atoms with E-state index in [0.29, 0.717) is 17.0 Å². The lowest BCUT2D eigenvalue weighted by Gasteiger charge is -2.19. The molecule has 0 aromatic heterocycles. The summed E-state index contributed by atoms with van der Waals surface area (Å²) in [7, 11) is 1.50. The van der Waals surface area contributed by atoms with Crippen LogP contribution in [0.4, 0.5) is 10.1 Å². The van der Waals surface area contributed by atoms with Crippen molar-refractivity contribution < 1.29 is 23.5 Å². The number of rotatable bonds is 6. The highest BCUT2D eigenvalue weighted by Gasteiger charge is 2.26. The first kappa shape index (κ1) is 20.1. The van der Waals surface area contributed by atoms with Gasteiger partial charge in [0.05, 0.1) is 18.4 Å². The number of carbonyl (C=O) groups excluding carboxylic acids is 2. The number of hydrogen-bond acceptors (Lipinski definition) is 4. The van der Waals surface area contributed by atoms with Crippen molar-refractivity contribution in [3.05, 3.63) is 95.3 Å². The molecule has 0 spiro atoms. The van der Waals surface area contributed by atoms with Gasteiger partial charge < -0.3 is 14.8 Å². The zero-order valence-electron chi connectivity index (χ0n) is 16.0. The molecule has 1 amide bonds. The third-order valence-electron chi connectivity index (χ3n) is 4.24. The Hall–Kier alpha value is -3.67. The molecule has 1 N–H and O–H groups in total. The molecule has 0 saturated heterocycles. The van der Waals surface area contributed by atoms with Gasteiger partial charge in [0.2, 0.25) is 6.10 Å². The van der Waals surface area contributed by atoms with Crippen LogP contribution >= 0.6 is 0 Å². The highest BCUT2D eigenvalue weighted by Crippen LogP contribution is 2.28. The second kappa shape index (κ2) is 9.01. The first-order chi connectivity index (χ1) is 14.0. The van der Waals surface area contributed by atoms with Gasteiger partial charge >= 0.3 is 5.97 Å². The number of hydrogen-bond donors (Lipinski definition) is 1. The van der Waals surface area contributed by atoms with E-state index in [0.717, 1.165) is 11.6 Å². The number of methoxy groups -OCH3 is 1. The maximum absolute atomic E-state index is 13.5. The first-order valence-corrected chi connectivity index (χ1v) is 8.95. The fraction of sp³-hybridized carbons (Fsp3) is 0.130. The maximum atomic E-state index is 13.5. The molecule has 1 atom stereocenters. The maximum Gasteiger partial charge on any atom is 0.339 e. The molecule has 0 unspecified atom stereocenters. The van der Waals surface area contributed by atoms with Gasteiger partial charge in [-0.3, -0.25) is 4.79 Å². The summed E-state index contributed by atoms with van der Waals surface area (Å²) in [5.41, 5.74) is 1.89. The predicted molar refractivity (Wildman–Crippen MR) is 107 cm³/mol. The Morgan fingerprint density at radius 1 is 0.966 bits per heavy atom. The molecular formula is C23H20FNO4. The van der Waals surface area contributed by atoms with Crippen LogP contribution in [-0.4, -0.2) is 19.0 Å². The second-order valence-electron chi connectivity index (χ2n) is 6.40. The summed E-state index contributed by atoms with van der Waals surface area (Å²) in [6.45, 7) is 1.88. The Morgan fingerprint density at radius 3 is 2.41 bits per heavy atom. The fourth-order valence-electron chi connectivity index (χ4n) is 2.81. The van der Waals surface area contributed by atoms with Crippen molar-refractivity contribution in [3.63, 3.8) is 0 Å². The number of halogens is 1. The van der Waals surface area contributed by atoms with E-state index in [2.05, 4.69) is 5.32 Å². The number of carbonyl (C=O) groups is 2. The number of ether oxygens (including phenoxy) is 2. The van der Waals surface area contributed by atoms with E-state index in [1.54, 1.807) is 42.5 Å². The fourth-order valence-corrected chi connectivity index (χ4v) is 2.81. The minimum atomic E-state index is -1.22. The van der Waals surface area contributed by atoms with Crippen LogP contribution in [-0.2, 0) is 9.53 Å².